The summed E-state index contributed by atoms with van der Waals surface area (Å²) in [6.45, 7) is 1.12. The first-order chi connectivity index (χ1) is 6.72. The highest BCUT2D eigenvalue weighted by atomic mass is 35.5. The Morgan fingerprint density at radius 3 is 1.71 bits per heavy atom. The molecule has 1 unspecified atom stereocenters. The third-order valence-electron chi connectivity index (χ3n) is 1.79. The van der Waals surface area contributed by atoms with Crippen LogP contribution < -0.4 is 0 Å². The van der Waals surface area contributed by atoms with Gasteiger partial charge in [-0.1, -0.05) is 0 Å². The van der Waals surface area contributed by atoms with Crippen LogP contribution in [0.3, 0.4) is 0 Å². The molecule has 0 saturated carbocycles. The summed E-state index contributed by atoms with van der Waals surface area (Å²) in [6, 6.07) is 0. The number of halogens is 2. The van der Waals surface area contributed by atoms with Crippen LogP contribution in [0, 0.1) is 0 Å². The number of rotatable bonds is 9. The first-order valence-electron chi connectivity index (χ1n) is 4.68. The third kappa shape index (κ3) is 8.00. The molecular weight excluding hydrogens is 245 g/mol. The van der Waals surface area contributed by atoms with E-state index in [1.165, 1.54) is 4.31 Å². The summed E-state index contributed by atoms with van der Waals surface area (Å²) >= 11 is 8.89. The van der Waals surface area contributed by atoms with Crippen LogP contribution in [0.2, 0.25) is 0 Å². The van der Waals surface area contributed by atoms with E-state index in [4.69, 9.17) is 23.2 Å². The van der Waals surface area contributed by atoms with Crippen LogP contribution in [0.1, 0.15) is 25.7 Å². The van der Waals surface area contributed by atoms with Crippen molar-refractivity contribution in [2.75, 3.05) is 24.8 Å². The Morgan fingerprint density at radius 2 is 1.43 bits per heavy atom. The average molecular weight is 261 g/mol. The highest BCUT2D eigenvalue weighted by Crippen LogP contribution is 2.02. The Morgan fingerprint density at radius 1 is 1.00 bits per heavy atom. The van der Waals surface area contributed by atoms with Crippen LogP contribution in [-0.4, -0.2) is 37.9 Å². The molecule has 1 atom stereocenters. The van der Waals surface area contributed by atoms with Crippen molar-refractivity contribution >= 4 is 34.5 Å². The Balaban J connectivity index is 3.61. The lowest BCUT2D eigenvalue weighted by molar-refractivity contribution is 0.375. The fourth-order valence-corrected chi connectivity index (χ4v) is 1.96. The molecule has 0 bridgehead atoms. The Bertz CT molecular complexity index is 150. The molecule has 0 saturated heterocycles. The second-order valence-electron chi connectivity index (χ2n) is 2.94. The lowest BCUT2D eigenvalue weighted by Gasteiger charge is -2.23. The number of unbranched alkanes of at least 4 members (excludes halogenated alkanes) is 2. The molecule has 14 heavy (non-hydrogen) atoms. The standard InChI is InChI=1S/C8H17Cl2NO2S/c9-5-1-3-7-11(14(12)13)8-4-2-6-10/h1-8H2,(H,12,13)/p-1. The van der Waals surface area contributed by atoms with E-state index < -0.39 is 11.3 Å². The van der Waals surface area contributed by atoms with E-state index in [1.807, 2.05) is 0 Å². The van der Waals surface area contributed by atoms with Crippen LogP contribution in [0.25, 0.3) is 0 Å². The third-order valence-corrected chi connectivity index (χ3v) is 3.11. The quantitative estimate of drug-likeness (QED) is 0.362. The first-order valence-corrected chi connectivity index (χ1v) is 6.78. The van der Waals surface area contributed by atoms with Gasteiger partial charge >= 0.3 is 0 Å². The number of hydrogen-bond donors (Lipinski definition) is 0. The molecule has 0 aromatic heterocycles. The van der Waals surface area contributed by atoms with E-state index in [0.717, 1.165) is 25.7 Å². The van der Waals surface area contributed by atoms with Gasteiger partial charge in [0.15, 0.2) is 0 Å². The van der Waals surface area contributed by atoms with Crippen LogP contribution in [0.15, 0.2) is 0 Å². The minimum absolute atomic E-state index is 0.561. The Hall–Kier alpha value is 0.650. The van der Waals surface area contributed by atoms with Gasteiger partial charge in [0.25, 0.3) is 0 Å². The molecule has 0 rings (SSSR count). The minimum Gasteiger partial charge on any atom is -0.760 e. The monoisotopic (exact) mass is 260 g/mol. The van der Waals surface area contributed by atoms with Crippen LogP contribution in [0.5, 0.6) is 0 Å². The molecular formula is C8H16Cl2NO2S-. The van der Waals surface area contributed by atoms with Gasteiger partial charge in [0.1, 0.15) is 0 Å². The van der Waals surface area contributed by atoms with Crippen molar-refractivity contribution in [3.63, 3.8) is 0 Å². The zero-order chi connectivity index (χ0) is 10.8. The van der Waals surface area contributed by atoms with Crippen molar-refractivity contribution in [2.45, 2.75) is 25.7 Å². The molecule has 0 aromatic carbocycles. The number of hydrogen-bond acceptors (Lipinski definition) is 2. The van der Waals surface area contributed by atoms with E-state index >= 15 is 0 Å². The smallest absolute Gasteiger partial charge is 0.0223 e. The van der Waals surface area contributed by atoms with Gasteiger partial charge in [-0.3, -0.25) is 4.21 Å². The van der Waals surface area contributed by atoms with Gasteiger partial charge in [0.2, 0.25) is 0 Å². The Kier molecular flexibility index (Phi) is 10.6. The van der Waals surface area contributed by atoms with Crippen molar-refractivity contribution in [3.8, 4) is 0 Å². The predicted octanol–water partition coefficient (Wildman–Crippen LogP) is 2.12. The maximum absolute atomic E-state index is 10.7. The van der Waals surface area contributed by atoms with Crippen molar-refractivity contribution in [1.82, 2.24) is 4.31 Å². The lowest BCUT2D eigenvalue weighted by atomic mass is 10.3. The SMILES string of the molecule is O=S([O-])N(CCCCCl)CCCCCl. The Labute approximate surface area is 98.2 Å². The number of nitrogens with zero attached hydrogens (tertiary/aromatic N) is 1. The summed E-state index contributed by atoms with van der Waals surface area (Å²) < 4.78 is 22.9. The van der Waals surface area contributed by atoms with Gasteiger partial charge in [-0.05, 0) is 25.7 Å². The van der Waals surface area contributed by atoms with Gasteiger partial charge in [0.05, 0.1) is 0 Å². The largest absolute Gasteiger partial charge is 0.760 e. The summed E-state index contributed by atoms with van der Waals surface area (Å²) in [4.78, 5) is 0. The van der Waals surface area contributed by atoms with Crippen LogP contribution >= 0.6 is 23.2 Å². The molecule has 0 aliphatic rings. The van der Waals surface area contributed by atoms with E-state index in [-0.39, 0.29) is 0 Å². The van der Waals surface area contributed by atoms with Crippen molar-refractivity contribution < 1.29 is 8.76 Å². The molecule has 0 spiro atoms. The van der Waals surface area contributed by atoms with Crippen molar-refractivity contribution in [2.24, 2.45) is 0 Å². The minimum atomic E-state index is -2.11. The maximum Gasteiger partial charge on any atom is 0.0223 e. The molecule has 0 amide bonds. The fraction of sp³-hybridized carbons (Fsp3) is 1.00. The summed E-state index contributed by atoms with van der Waals surface area (Å²) in [5.74, 6) is 1.17. The highest BCUT2D eigenvalue weighted by Gasteiger charge is 2.03. The molecule has 0 fully saturated rings. The fourth-order valence-electron chi connectivity index (χ4n) is 1.03. The van der Waals surface area contributed by atoms with Crippen LogP contribution in [0.4, 0.5) is 0 Å². The van der Waals surface area contributed by atoms with Crippen molar-refractivity contribution in [3.05, 3.63) is 0 Å². The summed E-state index contributed by atoms with van der Waals surface area (Å²) in [5.41, 5.74) is 0. The molecule has 0 aliphatic carbocycles. The number of alkyl halides is 2. The molecule has 0 aliphatic heterocycles. The van der Waals surface area contributed by atoms with Gasteiger partial charge < -0.3 is 4.55 Å². The topological polar surface area (TPSA) is 43.4 Å². The van der Waals surface area contributed by atoms with Crippen molar-refractivity contribution in [1.29, 1.82) is 0 Å². The zero-order valence-electron chi connectivity index (χ0n) is 8.08. The van der Waals surface area contributed by atoms with Gasteiger partial charge in [-0.25, -0.2) is 4.31 Å². The van der Waals surface area contributed by atoms with E-state index in [1.54, 1.807) is 0 Å². The molecule has 6 heteroatoms. The van der Waals surface area contributed by atoms with Gasteiger partial charge in [-0.2, -0.15) is 0 Å². The lowest BCUT2D eigenvalue weighted by Crippen LogP contribution is -2.28. The summed E-state index contributed by atoms with van der Waals surface area (Å²) in [7, 11) is 0. The average Bonchev–Trinajstić information content (AvgIpc) is 2.15. The van der Waals surface area contributed by atoms with E-state index in [0.29, 0.717) is 24.8 Å². The second kappa shape index (κ2) is 10.2. The summed E-state index contributed by atoms with van der Waals surface area (Å²) in [6.07, 6.45) is 3.34. The van der Waals surface area contributed by atoms with E-state index in [9.17, 15) is 8.76 Å². The highest BCUT2D eigenvalue weighted by molar-refractivity contribution is 7.76. The van der Waals surface area contributed by atoms with Crippen LogP contribution in [-0.2, 0) is 11.3 Å². The van der Waals surface area contributed by atoms with E-state index in [2.05, 4.69) is 0 Å². The maximum atomic E-state index is 10.7. The van der Waals surface area contributed by atoms with Gasteiger partial charge in [-0.15, -0.1) is 23.2 Å². The molecule has 0 radical (unpaired) electrons. The zero-order valence-corrected chi connectivity index (χ0v) is 10.4. The molecule has 0 aromatic rings. The van der Waals surface area contributed by atoms with Gasteiger partial charge in [0, 0.05) is 36.1 Å². The first kappa shape index (κ1) is 14.6. The second-order valence-corrected chi connectivity index (χ2v) is 4.64. The normalized spacial score (nSPS) is 13.4. The molecule has 0 N–H and O–H groups in total. The summed E-state index contributed by atoms with van der Waals surface area (Å²) in [5, 5.41) is 0. The molecule has 3 nitrogen and oxygen atoms in total. The predicted molar refractivity (Wildman–Crippen MR) is 60.4 cm³/mol. The molecule has 0 heterocycles. The molecule has 86 valence electrons.